The Morgan fingerprint density at radius 2 is 0.960 bits per heavy atom. The molecule has 0 saturated carbocycles. The van der Waals surface area contributed by atoms with E-state index in [9.17, 15) is 19.0 Å². The second-order valence-electron chi connectivity index (χ2n) is 13.3. The van der Waals surface area contributed by atoms with Gasteiger partial charge in [0.15, 0.2) is 6.10 Å². The predicted octanol–water partition coefficient (Wildman–Crippen LogP) is 12.4. The van der Waals surface area contributed by atoms with E-state index in [1.165, 1.54) is 89.9 Å². The minimum atomic E-state index is -4.28. The highest BCUT2D eigenvalue weighted by Crippen LogP contribution is 2.43. The molecule has 50 heavy (non-hydrogen) atoms. The van der Waals surface area contributed by atoms with Crippen molar-refractivity contribution in [3.63, 3.8) is 0 Å². The molecule has 2 atom stereocenters. The van der Waals surface area contributed by atoms with Crippen LogP contribution in [0.4, 0.5) is 0 Å². The van der Waals surface area contributed by atoms with Crippen molar-refractivity contribution >= 4 is 19.8 Å². The monoisotopic (exact) mass is 727 g/mol. The van der Waals surface area contributed by atoms with Gasteiger partial charge < -0.3 is 14.4 Å². The first kappa shape index (κ1) is 48.3. The molecular weight excluding hydrogens is 651 g/mol. The summed E-state index contributed by atoms with van der Waals surface area (Å²) >= 11 is 0. The number of hydrogen-bond donors (Lipinski definition) is 1. The van der Waals surface area contributed by atoms with Gasteiger partial charge in [-0.1, -0.05) is 153 Å². The van der Waals surface area contributed by atoms with Crippen LogP contribution in [0.2, 0.25) is 0 Å². The molecule has 0 aliphatic heterocycles. The van der Waals surface area contributed by atoms with Gasteiger partial charge in [0, 0.05) is 12.8 Å². The fraction of sp³-hybridized carbons (Fsp3) is 0.805. The Kier molecular flexibility index (Phi) is 35.8. The molecule has 0 aliphatic rings. The normalized spacial score (nSPS) is 13.8. The molecule has 0 amide bonds. The lowest BCUT2D eigenvalue weighted by Crippen LogP contribution is -2.29. The quantitative estimate of drug-likeness (QED) is 0.0292. The van der Waals surface area contributed by atoms with Crippen molar-refractivity contribution in [2.24, 2.45) is 0 Å². The maximum absolute atomic E-state index is 12.5. The Bertz CT molecular complexity index is 916. The lowest BCUT2D eigenvalue weighted by atomic mass is 10.1. The van der Waals surface area contributed by atoms with Gasteiger partial charge in [0.25, 0.3) is 0 Å². The highest BCUT2D eigenvalue weighted by atomic mass is 31.2. The Labute approximate surface area is 306 Å². The number of ether oxygens (including phenoxy) is 2. The van der Waals surface area contributed by atoms with Gasteiger partial charge in [-0.25, -0.2) is 4.57 Å². The van der Waals surface area contributed by atoms with Crippen LogP contribution in [0.5, 0.6) is 0 Å². The molecule has 1 N–H and O–H groups in total. The Morgan fingerprint density at radius 1 is 0.540 bits per heavy atom. The van der Waals surface area contributed by atoms with Crippen LogP contribution in [0.15, 0.2) is 36.5 Å². The van der Waals surface area contributed by atoms with Crippen molar-refractivity contribution in [2.45, 2.75) is 194 Å². The zero-order chi connectivity index (χ0) is 36.8. The molecular formula is C41H75O8P. The van der Waals surface area contributed by atoms with Gasteiger partial charge in [-0.2, -0.15) is 0 Å². The Hall–Kier alpha value is -1.73. The Balaban J connectivity index is 4.13. The van der Waals surface area contributed by atoms with Gasteiger partial charge >= 0.3 is 19.8 Å². The van der Waals surface area contributed by atoms with E-state index in [2.05, 4.69) is 50.3 Å². The minimum Gasteiger partial charge on any atom is -0.462 e. The third kappa shape index (κ3) is 36.1. The van der Waals surface area contributed by atoms with E-state index in [1.807, 2.05) is 0 Å². The molecule has 8 nitrogen and oxygen atoms in total. The van der Waals surface area contributed by atoms with Crippen molar-refractivity contribution in [3.8, 4) is 0 Å². The SMILES string of the molecule is CCCCC/C=C\C/C=C\C/C=C\CCCCCCCCC(=O)OC(COC(=O)CCCCCCCCCCCCC)COP(=O)(O)OCC. The number of rotatable bonds is 37. The topological polar surface area (TPSA) is 108 Å². The van der Waals surface area contributed by atoms with Gasteiger partial charge in [0.2, 0.25) is 0 Å². The number of phosphoric ester groups is 1. The van der Waals surface area contributed by atoms with E-state index in [1.54, 1.807) is 6.92 Å². The van der Waals surface area contributed by atoms with Crippen LogP contribution in [-0.4, -0.2) is 42.8 Å². The second kappa shape index (κ2) is 37.0. The summed E-state index contributed by atoms with van der Waals surface area (Å²) < 4.78 is 32.5. The van der Waals surface area contributed by atoms with E-state index >= 15 is 0 Å². The molecule has 0 fully saturated rings. The number of hydrogen-bond acceptors (Lipinski definition) is 7. The molecule has 0 saturated heterocycles. The summed E-state index contributed by atoms with van der Waals surface area (Å²) in [6.45, 7) is 5.42. The maximum atomic E-state index is 12.5. The minimum absolute atomic E-state index is 0.00194. The lowest BCUT2D eigenvalue weighted by molar-refractivity contribution is -0.161. The largest absolute Gasteiger partial charge is 0.472 e. The predicted molar refractivity (Wildman–Crippen MR) is 207 cm³/mol. The van der Waals surface area contributed by atoms with Crippen LogP contribution in [0.25, 0.3) is 0 Å². The van der Waals surface area contributed by atoms with Crippen LogP contribution >= 0.6 is 7.82 Å². The lowest BCUT2D eigenvalue weighted by Gasteiger charge is -2.19. The summed E-state index contributed by atoms with van der Waals surface area (Å²) in [6, 6.07) is 0. The number of esters is 2. The van der Waals surface area contributed by atoms with Crippen LogP contribution in [-0.2, 0) is 32.7 Å². The summed E-state index contributed by atoms with van der Waals surface area (Å²) in [5, 5.41) is 0. The van der Waals surface area contributed by atoms with E-state index in [-0.39, 0.29) is 25.6 Å². The van der Waals surface area contributed by atoms with Crippen molar-refractivity contribution in [1.29, 1.82) is 0 Å². The van der Waals surface area contributed by atoms with Crippen LogP contribution in [0, 0.1) is 0 Å². The molecule has 0 aromatic heterocycles. The van der Waals surface area contributed by atoms with E-state index in [0.717, 1.165) is 57.8 Å². The zero-order valence-electron chi connectivity index (χ0n) is 32.3. The third-order valence-corrected chi connectivity index (χ3v) is 9.51. The number of allylic oxidation sites excluding steroid dienone is 6. The fourth-order valence-electron chi connectivity index (χ4n) is 5.46. The maximum Gasteiger partial charge on any atom is 0.472 e. The first-order valence-electron chi connectivity index (χ1n) is 20.3. The summed E-state index contributed by atoms with van der Waals surface area (Å²) in [6.07, 6.45) is 40.5. The van der Waals surface area contributed by atoms with Gasteiger partial charge in [-0.05, 0) is 58.3 Å². The highest BCUT2D eigenvalue weighted by molar-refractivity contribution is 7.47. The van der Waals surface area contributed by atoms with Crippen molar-refractivity contribution in [1.82, 2.24) is 0 Å². The molecule has 0 radical (unpaired) electrons. The average molecular weight is 727 g/mol. The number of carbonyl (C=O) groups is 2. The third-order valence-electron chi connectivity index (χ3n) is 8.45. The standard InChI is InChI=1S/C41H75O8P/c1-4-7-9-11-13-15-17-18-19-20-21-22-23-24-26-28-30-32-34-36-41(43)49-39(38-48-50(44,45)47-6-3)37-46-40(42)35-33-31-29-27-25-16-14-12-10-8-5-2/h13,15,18-19,21-22,39H,4-12,14,16-17,20,23-38H2,1-3H3,(H,44,45)/b15-13-,19-18-,22-21-. The fourth-order valence-corrected chi connectivity index (χ4v) is 6.21. The first-order valence-corrected chi connectivity index (χ1v) is 21.8. The molecule has 0 aliphatic carbocycles. The van der Waals surface area contributed by atoms with E-state index in [0.29, 0.717) is 12.8 Å². The van der Waals surface area contributed by atoms with Crippen LogP contribution < -0.4 is 0 Å². The molecule has 0 bridgehead atoms. The molecule has 2 unspecified atom stereocenters. The highest BCUT2D eigenvalue weighted by Gasteiger charge is 2.25. The number of phosphoric acid groups is 1. The molecule has 0 aromatic carbocycles. The van der Waals surface area contributed by atoms with Crippen molar-refractivity contribution in [3.05, 3.63) is 36.5 Å². The van der Waals surface area contributed by atoms with Crippen LogP contribution in [0.3, 0.4) is 0 Å². The summed E-state index contributed by atoms with van der Waals surface area (Å²) in [4.78, 5) is 34.6. The molecule has 9 heteroatoms. The molecule has 0 aromatic rings. The second-order valence-corrected chi connectivity index (χ2v) is 14.8. The molecule has 0 heterocycles. The average Bonchev–Trinajstić information content (AvgIpc) is 3.09. The number of unbranched alkanes of at least 4 members (excludes halogenated alkanes) is 19. The zero-order valence-corrected chi connectivity index (χ0v) is 33.2. The van der Waals surface area contributed by atoms with Crippen molar-refractivity contribution < 1.29 is 37.6 Å². The first-order chi connectivity index (χ1) is 24.3. The summed E-state index contributed by atoms with van der Waals surface area (Å²) in [5.41, 5.74) is 0. The van der Waals surface area contributed by atoms with E-state index < -0.39 is 26.5 Å². The molecule has 0 spiro atoms. The van der Waals surface area contributed by atoms with E-state index in [4.69, 9.17) is 18.5 Å². The summed E-state index contributed by atoms with van der Waals surface area (Å²) in [7, 11) is -4.28. The Morgan fingerprint density at radius 3 is 1.48 bits per heavy atom. The molecule has 0 rings (SSSR count). The van der Waals surface area contributed by atoms with Gasteiger partial charge in [0.1, 0.15) is 6.61 Å². The van der Waals surface area contributed by atoms with Gasteiger partial charge in [-0.3, -0.25) is 18.6 Å². The van der Waals surface area contributed by atoms with Gasteiger partial charge in [0.05, 0.1) is 13.2 Å². The van der Waals surface area contributed by atoms with Crippen LogP contribution in [0.1, 0.15) is 188 Å². The van der Waals surface area contributed by atoms with Gasteiger partial charge in [-0.15, -0.1) is 0 Å². The smallest absolute Gasteiger partial charge is 0.462 e. The van der Waals surface area contributed by atoms with Crippen molar-refractivity contribution in [2.75, 3.05) is 19.8 Å². The summed E-state index contributed by atoms with van der Waals surface area (Å²) in [5.74, 6) is -0.811. The number of carbonyl (C=O) groups excluding carboxylic acids is 2. The molecule has 292 valence electrons.